The van der Waals surface area contributed by atoms with Crippen LogP contribution in [0.15, 0.2) is 48.5 Å². The third-order valence-corrected chi connectivity index (χ3v) is 5.40. The molecule has 28 heavy (non-hydrogen) atoms. The van der Waals surface area contributed by atoms with E-state index in [1.807, 2.05) is 28.8 Å². The summed E-state index contributed by atoms with van der Waals surface area (Å²) in [6, 6.07) is 14.0. The van der Waals surface area contributed by atoms with Gasteiger partial charge < -0.3 is 14.6 Å². The minimum Gasteiger partial charge on any atom is -0.492 e. The van der Waals surface area contributed by atoms with Crippen molar-refractivity contribution in [1.82, 2.24) is 0 Å². The van der Waals surface area contributed by atoms with E-state index in [1.165, 1.54) is 12.1 Å². The number of ether oxygens (including phenoxy) is 2. The molecular formula is C21H23F2N2O3+. The van der Waals surface area contributed by atoms with Gasteiger partial charge in [0.05, 0.1) is 13.7 Å². The molecule has 0 fully saturated rings. The van der Waals surface area contributed by atoms with Gasteiger partial charge in [-0.25, -0.2) is 9.48 Å². The molecule has 2 heterocycles. The standard InChI is InChI=1S/C21H23F2N2O3/c1-27-18-7-3-2-6-17(18)24-14-21(26,25-13-5-4-8-19(24)25)15-9-11-16(12-10-15)28-20(22)23/h2-3,6-7,9-12,20,26H,4-5,8,13-14H2,1H3/q+1/t21-/m0/s1. The van der Waals surface area contributed by atoms with Gasteiger partial charge in [-0.05, 0) is 49.2 Å². The molecule has 0 saturated carbocycles. The summed E-state index contributed by atoms with van der Waals surface area (Å²) in [6.07, 6.45) is 2.89. The SMILES string of the molecule is COc1ccccc1N1C[C@](O)(c2ccc(OC(F)F)cc2)[N+]2=C1CCCC2. The topological polar surface area (TPSA) is 44.9 Å². The summed E-state index contributed by atoms with van der Waals surface area (Å²) < 4.78 is 36.8. The van der Waals surface area contributed by atoms with E-state index in [9.17, 15) is 13.9 Å². The molecule has 0 unspecified atom stereocenters. The van der Waals surface area contributed by atoms with Gasteiger partial charge >= 0.3 is 6.61 Å². The Morgan fingerprint density at radius 3 is 2.57 bits per heavy atom. The van der Waals surface area contributed by atoms with Crippen molar-refractivity contribution in [2.75, 3.05) is 25.1 Å². The first-order valence-corrected chi connectivity index (χ1v) is 9.34. The smallest absolute Gasteiger partial charge is 0.387 e. The molecule has 0 bridgehead atoms. The highest BCUT2D eigenvalue weighted by Gasteiger charge is 2.53. The minimum atomic E-state index is -2.87. The van der Waals surface area contributed by atoms with E-state index in [0.29, 0.717) is 12.1 Å². The van der Waals surface area contributed by atoms with Crippen molar-refractivity contribution in [2.45, 2.75) is 31.6 Å². The van der Waals surface area contributed by atoms with Crippen molar-refractivity contribution in [3.8, 4) is 11.5 Å². The maximum atomic E-state index is 12.4. The molecular weight excluding hydrogens is 366 g/mol. The first-order valence-electron chi connectivity index (χ1n) is 9.34. The van der Waals surface area contributed by atoms with Crippen molar-refractivity contribution in [3.05, 3.63) is 54.1 Å². The number of hydrogen-bond acceptors (Lipinski definition) is 4. The molecule has 4 rings (SSSR count). The van der Waals surface area contributed by atoms with Gasteiger partial charge in [-0.15, -0.1) is 0 Å². The Kier molecular flexibility index (Phi) is 4.93. The van der Waals surface area contributed by atoms with E-state index in [4.69, 9.17) is 4.74 Å². The summed E-state index contributed by atoms with van der Waals surface area (Å²) in [5, 5.41) is 11.7. The third-order valence-electron chi connectivity index (χ3n) is 5.40. The number of para-hydroxylation sites is 2. The Balaban J connectivity index is 1.73. The maximum absolute atomic E-state index is 12.4. The molecule has 1 atom stereocenters. The van der Waals surface area contributed by atoms with E-state index >= 15 is 0 Å². The second-order valence-corrected chi connectivity index (χ2v) is 7.00. The third kappa shape index (κ3) is 3.20. The lowest BCUT2D eigenvalue weighted by Gasteiger charge is -2.24. The molecule has 2 aromatic rings. The number of aliphatic hydroxyl groups is 1. The number of β-amino-alcohol motifs (C(OH)–C–C–N with tert-alkyl or cyclic N) is 1. The van der Waals surface area contributed by atoms with Crippen LogP contribution >= 0.6 is 0 Å². The largest absolute Gasteiger partial charge is 0.492 e. The van der Waals surface area contributed by atoms with Gasteiger partial charge in [0.25, 0.3) is 11.6 Å². The van der Waals surface area contributed by atoms with Crippen LogP contribution < -0.4 is 14.4 Å². The number of rotatable bonds is 5. The Labute approximate surface area is 162 Å². The molecule has 7 heteroatoms. The zero-order valence-electron chi connectivity index (χ0n) is 15.6. The number of hydrogen-bond donors (Lipinski definition) is 1. The van der Waals surface area contributed by atoms with E-state index in [1.54, 1.807) is 19.2 Å². The summed E-state index contributed by atoms with van der Waals surface area (Å²) in [4.78, 5) is 2.10. The minimum absolute atomic E-state index is 0.0739. The van der Waals surface area contributed by atoms with Crippen LogP contribution in [0.2, 0.25) is 0 Å². The second-order valence-electron chi connectivity index (χ2n) is 7.00. The van der Waals surface area contributed by atoms with Crippen LogP contribution in [0.5, 0.6) is 11.5 Å². The molecule has 1 N–H and O–H groups in total. The van der Waals surface area contributed by atoms with Crippen molar-refractivity contribution < 1.29 is 27.9 Å². The fraction of sp³-hybridized carbons (Fsp3) is 0.381. The molecule has 2 aliphatic heterocycles. The van der Waals surface area contributed by atoms with E-state index < -0.39 is 12.3 Å². The molecule has 5 nitrogen and oxygen atoms in total. The highest BCUT2D eigenvalue weighted by Crippen LogP contribution is 2.39. The Bertz CT molecular complexity index is 885. The van der Waals surface area contributed by atoms with Crippen LogP contribution in [0.1, 0.15) is 24.8 Å². The van der Waals surface area contributed by atoms with Gasteiger partial charge in [-0.1, -0.05) is 12.1 Å². The van der Waals surface area contributed by atoms with Crippen LogP contribution in [0, 0.1) is 0 Å². The van der Waals surface area contributed by atoms with Gasteiger partial charge in [0.15, 0.2) is 18.0 Å². The normalized spacial score (nSPS) is 21.8. The maximum Gasteiger partial charge on any atom is 0.387 e. The van der Waals surface area contributed by atoms with Gasteiger partial charge in [0, 0.05) is 12.0 Å². The van der Waals surface area contributed by atoms with Crippen molar-refractivity contribution in [1.29, 1.82) is 0 Å². The number of benzene rings is 2. The number of amidine groups is 1. The van der Waals surface area contributed by atoms with Crippen LogP contribution in [0.3, 0.4) is 0 Å². The van der Waals surface area contributed by atoms with Gasteiger partial charge in [0.1, 0.15) is 5.75 Å². The van der Waals surface area contributed by atoms with Crippen molar-refractivity contribution in [2.24, 2.45) is 0 Å². The molecule has 0 saturated heterocycles. The lowest BCUT2D eigenvalue weighted by molar-refractivity contribution is -0.661. The predicted octanol–water partition coefficient (Wildman–Crippen LogP) is 3.56. The molecule has 0 amide bonds. The molecule has 0 aromatic heterocycles. The van der Waals surface area contributed by atoms with E-state index in [2.05, 4.69) is 9.64 Å². The number of halogens is 2. The highest BCUT2D eigenvalue weighted by molar-refractivity contribution is 5.97. The fourth-order valence-electron chi connectivity index (χ4n) is 4.12. The number of alkyl halides is 2. The lowest BCUT2D eigenvalue weighted by Crippen LogP contribution is -2.41. The lowest BCUT2D eigenvalue weighted by atomic mass is 10.0. The summed E-state index contributed by atoms with van der Waals surface area (Å²) in [7, 11) is 1.63. The van der Waals surface area contributed by atoms with Gasteiger partial charge in [-0.2, -0.15) is 8.78 Å². The molecule has 0 radical (unpaired) electrons. The average Bonchev–Trinajstić information content (AvgIpc) is 3.02. The average molecular weight is 389 g/mol. The Morgan fingerprint density at radius 1 is 1.11 bits per heavy atom. The predicted molar refractivity (Wildman–Crippen MR) is 101 cm³/mol. The summed E-state index contributed by atoms with van der Waals surface area (Å²) in [6.45, 7) is -1.81. The molecule has 2 aliphatic rings. The zero-order chi connectivity index (χ0) is 19.7. The first kappa shape index (κ1) is 18.7. The van der Waals surface area contributed by atoms with Gasteiger partial charge in [0.2, 0.25) is 0 Å². The molecule has 148 valence electrons. The quantitative estimate of drug-likeness (QED) is 0.795. The molecule has 0 spiro atoms. The van der Waals surface area contributed by atoms with Crippen molar-refractivity contribution in [3.63, 3.8) is 0 Å². The van der Waals surface area contributed by atoms with E-state index in [0.717, 1.165) is 43.1 Å². The summed E-state index contributed by atoms with van der Waals surface area (Å²) in [5.74, 6) is 1.86. The monoisotopic (exact) mass is 389 g/mol. The van der Waals surface area contributed by atoms with Crippen LogP contribution in [0.25, 0.3) is 0 Å². The number of methoxy groups -OCH3 is 1. The molecule has 2 aromatic carbocycles. The fourth-order valence-corrected chi connectivity index (χ4v) is 4.12. The summed E-state index contributed by atoms with van der Waals surface area (Å²) in [5.41, 5.74) is 0.298. The number of anilines is 1. The van der Waals surface area contributed by atoms with Crippen LogP contribution in [-0.2, 0) is 5.72 Å². The zero-order valence-corrected chi connectivity index (χ0v) is 15.6. The Hall–Kier alpha value is -2.67. The highest BCUT2D eigenvalue weighted by atomic mass is 19.3. The van der Waals surface area contributed by atoms with E-state index in [-0.39, 0.29) is 5.75 Å². The van der Waals surface area contributed by atoms with Gasteiger partial charge in [-0.3, -0.25) is 0 Å². The summed E-state index contributed by atoms with van der Waals surface area (Å²) >= 11 is 0. The van der Waals surface area contributed by atoms with Crippen LogP contribution in [-0.4, -0.2) is 42.3 Å². The Morgan fingerprint density at radius 2 is 1.86 bits per heavy atom. The van der Waals surface area contributed by atoms with Crippen LogP contribution in [0.4, 0.5) is 14.5 Å². The second kappa shape index (κ2) is 7.39. The number of nitrogens with zero attached hydrogens (tertiary/aromatic N) is 2. The van der Waals surface area contributed by atoms with Crippen molar-refractivity contribution >= 4 is 11.5 Å². The molecule has 0 aliphatic carbocycles. The first-order chi connectivity index (χ1) is 13.5.